The summed E-state index contributed by atoms with van der Waals surface area (Å²) < 4.78 is 27.3. The normalized spacial score (nSPS) is 12.5. The van der Waals surface area contributed by atoms with Gasteiger partial charge in [-0.15, -0.1) is 0 Å². The highest BCUT2D eigenvalue weighted by Gasteiger charge is 2.16. The first-order valence-electron chi connectivity index (χ1n) is 5.02. The number of benzene rings is 2. The van der Waals surface area contributed by atoms with Crippen molar-refractivity contribution < 1.29 is 8.78 Å². The Morgan fingerprint density at radius 1 is 1.06 bits per heavy atom. The van der Waals surface area contributed by atoms with Crippen LogP contribution < -0.4 is 0 Å². The van der Waals surface area contributed by atoms with Gasteiger partial charge in [-0.25, -0.2) is 8.78 Å². The lowest BCUT2D eigenvalue weighted by Crippen LogP contribution is -1.97. The molecule has 0 nitrogen and oxygen atoms in total. The largest absolute Gasteiger partial charge is 0.207 e. The average Bonchev–Trinajstić information content (AvgIpc) is 2.26. The number of hydrogen-bond donors (Lipinski definition) is 0. The van der Waals surface area contributed by atoms with Gasteiger partial charge in [0.1, 0.15) is 11.6 Å². The standard InChI is InChI=1S/C13H7Br2ClF2/c14-8-3-7(4-9(16)5-8)13(15)11-2-1-10(17)6-12(11)18/h1-6,13H. The topological polar surface area (TPSA) is 0 Å². The number of halogens is 5. The average molecular weight is 396 g/mol. The summed E-state index contributed by atoms with van der Waals surface area (Å²) >= 11 is 12.7. The fraction of sp³-hybridized carbons (Fsp3) is 0.0769. The van der Waals surface area contributed by atoms with Crippen LogP contribution in [0.1, 0.15) is 16.0 Å². The van der Waals surface area contributed by atoms with Crippen LogP contribution in [0.5, 0.6) is 0 Å². The molecule has 0 saturated heterocycles. The molecule has 2 aromatic rings. The van der Waals surface area contributed by atoms with E-state index in [-0.39, 0.29) is 4.83 Å². The van der Waals surface area contributed by atoms with Gasteiger partial charge in [0.2, 0.25) is 0 Å². The van der Waals surface area contributed by atoms with Gasteiger partial charge in [0.05, 0.1) is 4.83 Å². The van der Waals surface area contributed by atoms with Crippen LogP contribution in [0.25, 0.3) is 0 Å². The van der Waals surface area contributed by atoms with Crippen LogP contribution in [0.15, 0.2) is 40.9 Å². The molecule has 0 N–H and O–H groups in total. The molecule has 1 atom stereocenters. The van der Waals surface area contributed by atoms with Crippen molar-refractivity contribution in [2.24, 2.45) is 0 Å². The predicted octanol–water partition coefficient (Wildman–Crippen LogP) is 5.87. The van der Waals surface area contributed by atoms with Crippen molar-refractivity contribution in [1.29, 1.82) is 0 Å². The smallest absolute Gasteiger partial charge is 0.130 e. The third kappa shape index (κ3) is 3.11. The van der Waals surface area contributed by atoms with Crippen LogP contribution >= 0.6 is 43.5 Å². The van der Waals surface area contributed by atoms with Crippen LogP contribution in [0.2, 0.25) is 5.02 Å². The first-order chi connectivity index (χ1) is 8.47. The van der Waals surface area contributed by atoms with Crippen molar-refractivity contribution in [3.8, 4) is 0 Å². The van der Waals surface area contributed by atoms with Crippen molar-refractivity contribution in [2.45, 2.75) is 4.83 Å². The summed E-state index contributed by atoms with van der Waals surface area (Å²) in [7, 11) is 0. The molecule has 2 rings (SSSR count). The third-order valence-corrected chi connectivity index (χ3v) is 4.11. The molecule has 0 saturated carbocycles. The lowest BCUT2D eigenvalue weighted by molar-refractivity contribution is 0.574. The fourth-order valence-electron chi connectivity index (χ4n) is 1.61. The van der Waals surface area contributed by atoms with E-state index in [4.69, 9.17) is 11.6 Å². The quantitative estimate of drug-likeness (QED) is 0.558. The molecule has 0 spiro atoms. The molecular formula is C13H7Br2ClF2. The SMILES string of the molecule is Fc1ccc(C(Br)c2cc(Cl)cc(Br)c2)c(F)c1. The minimum Gasteiger partial charge on any atom is -0.207 e. The third-order valence-electron chi connectivity index (χ3n) is 2.41. The van der Waals surface area contributed by atoms with Crippen molar-refractivity contribution in [3.05, 3.63) is 68.7 Å². The molecule has 1 unspecified atom stereocenters. The van der Waals surface area contributed by atoms with E-state index in [9.17, 15) is 8.78 Å². The lowest BCUT2D eigenvalue weighted by atomic mass is 10.0. The number of hydrogen-bond acceptors (Lipinski definition) is 0. The Morgan fingerprint density at radius 2 is 1.78 bits per heavy atom. The highest BCUT2D eigenvalue weighted by molar-refractivity contribution is 9.10. The van der Waals surface area contributed by atoms with Crippen molar-refractivity contribution in [1.82, 2.24) is 0 Å². The molecule has 0 aromatic heterocycles. The summed E-state index contributed by atoms with van der Waals surface area (Å²) in [5.74, 6) is -1.18. The zero-order valence-corrected chi connectivity index (χ0v) is 12.9. The molecule has 0 aliphatic rings. The predicted molar refractivity (Wildman–Crippen MR) is 76.3 cm³/mol. The summed E-state index contributed by atoms with van der Waals surface area (Å²) in [5.41, 5.74) is 1.16. The van der Waals surface area contributed by atoms with Gasteiger partial charge in [-0.1, -0.05) is 49.5 Å². The molecule has 0 radical (unpaired) electrons. The van der Waals surface area contributed by atoms with Crippen LogP contribution in [0.4, 0.5) is 8.78 Å². The van der Waals surface area contributed by atoms with Crippen LogP contribution in [0, 0.1) is 11.6 Å². The Labute approximate surface area is 125 Å². The molecule has 0 aliphatic heterocycles. The summed E-state index contributed by atoms with van der Waals surface area (Å²) in [6.45, 7) is 0. The molecule has 5 heteroatoms. The Hall–Kier alpha value is -0.450. The van der Waals surface area contributed by atoms with Gasteiger partial charge in [-0.3, -0.25) is 0 Å². The van der Waals surface area contributed by atoms with E-state index in [1.165, 1.54) is 12.1 Å². The molecule has 0 aliphatic carbocycles. The van der Waals surface area contributed by atoms with Crippen molar-refractivity contribution in [2.75, 3.05) is 0 Å². The van der Waals surface area contributed by atoms with Gasteiger partial charge in [0.15, 0.2) is 0 Å². The van der Waals surface area contributed by atoms with E-state index < -0.39 is 11.6 Å². The molecule has 18 heavy (non-hydrogen) atoms. The zero-order chi connectivity index (χ0) is 13.3. The lowest BCUT2D eigenvalue weighted by Gasteiger charge is -2.12. The Morgan fingerprint density at radius 3 is 2.39 bits per heavy atom. The minimum absolute atomic E-state index is 0.366. The second-order valence-corrected chi connectivity index (χ2v) is 6.00. The molecule has 0 heterocycles. The maximum absolute atomic E-state index is 13.7. The van der Waals surface area contributed by atoms with Gasteiger partial charge in [-0.05, 0) is 29.8 Å². The van der Waals surface area contributed by atoms with Gasteiger partial charge in [0, 0.05) is 21.1 Å². The van der Waals surface area contributed by atoms with E-state index in [0.717, 1.165) is 16.1 Å². The first kappa shape index (κ1) is 14.0. The van der Waals surface area contributed by atoms with Crippen LogP contribution in [0.3, 0.4) is 0 Å². The summed E-state index contributed by atoms with van der Waals surface area (Å²) in [6, 6.07) is 8.81. The fourth-order valence-corrected chi connectivity index (χ4v) is 3.13. The summed E-state index contributed by atoms with van der Waals surface area (Å²) in [6.07, 6.45) is 0. The second-order valence-electron chi connectivity index (χ2n) is 3.73. The minimum atomic E-state index is -0.594. The van der Waals surface area contributed by atoms with Crippen LogP contribution in [-0.2, 0) is 0 Å². The maximum Gasteiger partial charge on any atom is 0.130 e. The number of alkyl halides is 1. The molecular weight excluding hydrogens is 389 g/mol. The Balaban J connectivity index is 2.44. The van der Waals surface area contributed by atoms with E-state index in [2.05, 4.69) is 31.9 Å². The molecule has 0 bridgehead atoms. The van der Waals surface area contributed by atoms with Gasteiger partial charge >= 0.3 is 0 Å². The zero-order valence-electron chi connectivity index (χ0n) is 8.93. The molecule has 2 aromatic carbocycles. The Kier molecular flexibility index (Phi) is 4.41. The Bertz CT molecular complexity index is 567. The van der Waals surface area contributed by atoms with E-state index in [1.807, 2.05) is 6.07 Å². The van der Waals surface area contributed by atoms with Crippen molar-refractivity contribution >= 4 is 43.5 Å². The molecule has 94 valence electrons. The molecule has 0 fully saturated rings. The van der Waals surface area contributed by atoms with E-state index in [0.29, 0.717) is 10.6 Å². The monoisotopic (exact) mass is 394 g/mol. The highest BCUT2D eigenvalue weighted by atomic mass is 79.9. The first-order valence-corrected chi connectivity index (χ1v) is 7.11. The second kappa shape index (κ2) is 5.68. The van der Waals surface area contributed by atoms with E-state index >= 15 is 0 Å². The van der Waals surface area contributed by atoms with Gasteiger partial charge in [0.25, 0.3) is 0 Å². The van der Waals surface area contributed by atoms with Gasteiger partial charge in [-0.2, -0.15) is 0 Å². The molecule has 0 amide bonds. The highest BCUT2D eigenvalue weighted by Crippen LogP contribution is 2.35. The van der Waals surface area contributed by atoms with Crippen molar-refractivity contribution in [3.63, 3.8) is 0 Å². The summed E-state index contributed by atoms with van der Waals surface area (Å²) in [4.78, 5) is -0.381. The number of rotatable bonds is 2. The van der Waals surface area contributed by atoms with Gasteiger partial charge < -0.3 is 0 Å². The maximum atomic E-state index is 13.7. The summed E-state index contributed by atoms with van der Waals surface area (Å²) in [5, 5.41) is 0.548. The van der Waals surface area contributed by atoms with E-state index in [1.54, 1.807) is 12.1 Å². The van der Waals surface area contributed by atoms with Crippen LogP contribution in [-0.4, -0.2) is 0 Å².